The number of amides is 1. The molecule has 1 aliphatic carbocycles. The van der Waals surface area contributed by atoms with E-state index < -0.39 is 0 Å². The minimum absolute atomic E-state index is 0. The molecule has 1 amide bonds. The second kappa shape index (κ2) is 8.00. The van der Waals surface area contributed by atoms with Crippen molar-refractivity contribution >= 4 is 18.3 Å². The second-order valence-corrected chi connectivity index (χ2v) is 5.73. The summed E-state index contributed by atoms with van der Waals surface area (Å²) >= 11 is 0. The summed E-state index contributed by atoms with van der Waals surface area (Å²) < 4.78 is 0. The fraction of sp³-hybridized carbons (Fsp3) is 0.929. The van der Waals surface area contributed by atoms with Crippen LogP contribution >= 0.6 is 12.4 Å². The number of carbonyl (C=O) groups excluding carboxylic acids is 1. The van der Waals surface area contributed by atoms with Crippen LogP contribution in [-0.4, -0.2) is 29.9 Å². The van der Waals surface area contributed by atoms with Gasteiger partial charge in [-0.2, -0.15) is 0 Å². The molecule has 0 aromatic heterocycles. The van der Waals surface area contributed by atoms with Crippen LogP contribution in [0.4, 0.5) is 0 Å². The van der Waals surface area contributed by atoms with Crippen LogP contribution in [0.25, 0.3) is 0 Å². The Bertz CT molecular complexity index is 252. The van der Waals surface area contributed by atoms with E-state index in [2.05, 4.69) is 0 Å². The molecule has 1 atom stereocenters. The van der Waals surface area contributed by atoms with Gasteiger partial charge in [0.1, 0.15) is 0 Å². The molecular weight excluding hydrogens is 248 g/mol. The Morgan fingerprint density at radius 2 is 1.56 bits per heavy atom. The lowest BCUT2D eigenvalue weighted by Crippen LogP contribution is -2.42. The third kappa shape index (κ3) is 4.43. The van der Waals surface area contributed by atoms with Crippen LogP contribution in [-0.2, 0) is 4.79 Å². The summed E-state index contributed by atoms with van der Waals surface area (Å²) in [5.74, 6) is 0.687. The zero-order valence-corrected chi connectivity index (χ0v) is 12.1. The van der Waals surface area contributed by atoms with Gasteiger partial charge >= 0.3 is 0 Å². The van der Waals surface area contributed by atoms with Crippen molar-refractivity contribution in [2.45, 2.75) is 63.8 Å². The third-order valence-corrected chi connectivity index (χ3v) is 4.22. The van der Waals surface area contributed by atoms with Gasteiger partial charge in [-0.25, -0.2) is 0 Å². The van der Waals surface area contributed by atoms with E-state index >= 15 is 0 Å². The Labute approximate surface area is 117 Å². The molecule has 1 saturated heterocycles. The Balaban J connectivity index is 0.00000162. The molecule has 1 aliphatic heterocycles. The number of hydrogen-bond acceptors (Lipinski definition) is 2. The summed E-state index contributed by atoms with van der Waals surface area (Å²) in [5, 5.41) is 0. The van der Waals surface area contributed by atoms with Crippen LogP contribution in [0.2, 0.25) is 0 Å². The van der Waals surface area contributed by atoms with Crippen LogP contribution in [0.1, 0.15) is 57.8 Å². The first kappa shape index (κ1) is 15.8. The lowest BCUT2D eigenvalue weighted by molar-refractivity contribution is -0.136. The van der Waals surface area contributed by atoms with Crippen LogP contribution in [0.3, 0.4) is 0 Å². The maximum Gasteiger partial charge on any atom is 0.225 e. The number of nitrogens with two attached hydrogens (primary N) is 1. The quantitative estimate of drug-likeness (QED) is 0.748. The standard InChI is InChI=1S/C14H26N2O.ClH/c15-13-9-5-6-10-16(11-13)14(17)12-7-3-1-2-4-8-12;/h12-13H,1-11,15H2;1H. The molecule has 0 spiro atoms. The van der Waals surface area contributed by atoms with Gasteiger partial charge in [0, 0.05) is 25.0 Å². The van der Waals surface area contributed by atoms with Crippen molar-refractivity contribution in [3.05, 3.63) is 0 Å². The third-order valence-electron chi connectivity index (χ3n) is 4.22. The largest absolute Gasteiger partial charge is 0.341 e. The number of rotatable bonds is 1. The van der Waals surface area contributed by atoms with E-state index in [4.69, 9.17) is 5.73 Å². The number of likely N-dealkylation sites (tertiary alicyclic amines) is 1. The highest BCUT2D eigenvalue weighted by atomic mass is 35.5. The summed E-state index contributed by atoms with van der Waals surface area (Å²) in [7, 11) is 0. The molecule has 2 fully saturated rings. The van der Waals surface area contributed by atoms with Gasteiger partial charge in [0.2, 0.25) is 5.91 Å². The van der Waals surface area contributed by atoms with E-state index in [0.29, 0.717) is 11.8 Å². The Kier molecular flexibility index (Phi) is 7.02. The van der Waals surface area contributed by atoms with Gasteiger partial charge in [0.15, 0.2) is 0 Å². The molecule has 0 bridgehead atoms. The summed E-state index contributed by atoms with van der Waals surface area (Å²) in [4.78, 5) is 14.5. The molecule has 2 N–H and O–H groups in total. The van der Waals surface area contributed by atoms with Crippen molar-refractivity contribution in [3.63, 3.8) is 0 Å². The molecule has 0 aromatic rings. The van der Waals surface area contributed by atoms with E-state index in [1.807, 2.05) is 4.90 Å². The number of nitrogens with zero attached hydrogens (tertiary/aromatic N) is 1. The predicted octanol–water partition coefficient (Wildman–Crippen LogP) is 2.72. The Morgan fingerprint density at radius 3 is 2.22 bits per heavy atom. The van der Waals surface area contributed by atoms with E-state index in [1.54, 1.807) is 0 Å². The molecule has 18 heavy (non-hydrogen) atoms. The maximum absolute atomic E-state index is 12.5. The van der Waals surface area contributed by atoms with Gasteiger partial charge in [0.05, 0.1) is 0 Å². The normalized spacial score (nSPS) is 26.9. The minimum Gasteiger partial charge on any atom is -0.341 e. The molecule has 0 radical (unpaired) electrons. The highest BCUT2D eigenvalue weighted by Crippen LogP contribution is 2.25. The fourth-order valence-electron chi connectivity index (χ4n) is 3.16. The molecule has 2 aliphatic rings. The molecule has 0 aromatic carbocycles. The van der Waals surface area contributed by atoms with Crippen LogP contribution < -0.4 is 5.73 Å². The number of halogens is 1. The first-order valence-electron chi connectivity index (χ1n) is 7.32. The Morgan fingerprint density at radius 1 is 0.944 bits per heavy atom. The molecule has 3 nitrogen and oxygen atoms in total. The monoisotopic (exact) mass is 274 g/mol. The summed E-state index contributed by atoms with van der Waals surface area (Å²) in [6.07, 6.45) is 10.7. The molecule has 1 saturated carbocycles. The van der Waals surface area contributed by atoms with E-state index in [1.165, 1.54) is 32.1 Å². The van der Waals surface area contributed by atoms with Crippen molar-refractivity contribution in [2.24, 2.45) is 11.7 Å². The smallest absolute Gasteiger partial charge is 0.225 e. The lowest BCUT2D eigenvalue weighted by Gasteiger charge is -2.27. The predicted molar refractivity (Wildman–Crippen MR) is 76.8 cm³/mol. The van der Waals surface area contributed by atoms with Crippen molar-refractivity contribution < 1.29 is 4.79 Å². The van der Waals surface area contributed by atoms with Gasteiger partial charge in [0.25, 0.3) is 0 Å². The highest BCUT2D eigenvalue weighted by Gasteiger charge is 2.27. The van der Waals surface area contributed by atoms with E-state index in [0.717, 1.165) is 38.8 Å². The summed E-state index contributed by atoms with van der Waals surface area (Å²) in [5.41, 5.74) is 6.03. The van der Waals surface area contributed by atoms with Crippen molar-refractivity contribution in [2.75, 3.05) is 13.1 Å². The van der Waals surface area contributed by atoms with Crippen molar-refractivity contribution in [1.29, 1.82) is 0 Å². The molecule has 1 heterocycles. The molecular formula is C14H27ClN2O. The number of hydrogen-bond donors (Lipinski definition) is 1. The fourth-order valence-corrected chi connectivity index (χ4v) is 3.16. The molecule has 1 unspecified atom stereocenters. The zero-order chi connectivity index (χ0) is 12.1. The van der Waals surface area contributed by atoms with Crippen LogP contribution in [0.15, 0.2) is 0 Å². The van der Waals surface area contributed by atoms with Gasteiger partial charge in [-0.1, -0.05) is 32.1 Å². The van der Waals surface area contributed by atoms with Crippen LogP contribution in [0, 0.1) is 5.92 Å². The van der Waals surface area contributed by atoms with E-state index in [9.17, 15) is 4.79 Å². The van der Waals surface area contributed by atoms with Gasteiger partial charge in [-0.05, 0) is 25.7 Å². The van der Waals surface area contributed by atoms with Crippen molar-refractivity contribution in [1.82, 2.24) is 4.90 Å². The minimum atomic E-state index is 0. The van der Waals surface area contributed by atoms with E-state index in [-0.39, 0.29) is 18.4 Å². The summed E-state index contributed by atoms with van der Waals surface area (Å²) in [6.45, 7) is 1.72. The first-order chi connectivity index (χ1) is 8.27. The molecule has 106 valence electrons. The SMILES string of the molecule is Cl.NC1CCCCN(C(=O)C2CCCCCC2)C1. The second-order valence-electron chi connectivity index (χ2n) is 5.73. The molecule has 4 heteroatoms. The average molecular weight is 275 g/mol. The zero-order valence-electron chi connectivity index (χ0n) is 11.3. The van der Waals surface area contributed by atoms with Gasteiger partial charge in [-0.3, -0.25) is 4.79 Å². The summed E-state index contributed by atoms with van der Waals surface area (Å²) in [6, 6.07) is 0.201. The molecule has 2 rings (SSSR count). The van der Waals surface area contributed by atoms with Gasteiger partial charge < -0.3 is 10.6 Å². The lowest BCUT2D eigenvalue weighted by atomic mass is 9.98. The van der Waals surface area contributed by atoms with Gasteiger partial charge in [-0.15, -0.1) is 12.4 Å². The van der Waals surface area contributed by atoms with Crippen LogP contribution in [0.5, 0.6) is 0 Å². The first-order valence-corrected chi connectivity index (χ1v) is 7.32. The van der Waals surface area contributed by atoms with Crippen molar-refractivity contribution in [3.8, 4) is 0 Å². The average Bonchev–Trinajstić information content (AvgIpc) is 2.70. The Hall–Kier alpha value is -0.280. The number of carbonyl (C=O) groups is 1. The topological polar surface area (TPSA) is 46.3 Å². The maximum atomic E-state index is 12.5. The highest BCUT2D eigenvalue weighted by molar-refractivity contribution is 5.85.